The minimum atomic E-state index is -3.66. The Balaban J connectivity index is 1.78. The molecule has 0 saturated carbocycles. The van der Waals surface area contributed by atoms with E-state index in [9.17, 15) is 8.42 Å². The van der Waals surface area contributed by atoms with Crippen LogP contribution >= 0.6 is 15.9 Å². The SMILES string of the molecule is O=S(=O)(Nc1ccccc1Br)c1ccc(Oc2ccccc2)cc1. The lowest BCUT2D eigenvalue weighted by Crippen LogP contribution is -2.13. The summed E-state index contributed by atoms with van der Waals surface area (Å²) in [5.41, 5.74) is 0.488. The van der Waals surface area contributed by atoms with Gasteiger partial charge in [0.25, 0.3) is 10.0 Å². The average Bonchev–Trinajstić information content (AvgIpc) is 2.58. The number of anilines is 1. The zero-order valence-electron chi connectivity index (χ0n) is 12.5. The Morgan fingerprint density at radius 2 is 1.33 bits per heavy atom. The van der Waals surface area contributed by atoms with Gasteiger partial charge < -0.3 is 4.74 Å². The van der Waals surface area contributed by atoms with E-state index in [1.54, 1.807) is 30.3 Å². The van der Waals surface area contributed by atoms with Crippen LogP contribution in [0.2, 0.25) is 0 Å². The normalized spacial score (nSPS) is 11.0. The van der Waals surface area contributed by atoms with E-state index in [0.29, 0.717) is 21.7 Å². The van der Waals surface area contributed by atoms with Crippen LogP contribution in [-0.4, -0.2) is 8.42 Å². The van der Waals surface area contributed by atoms with E-state index >= 15 is 0 Å². The van der Waals surface area contributed by atoms with Crippen LogP contribution in [-0.2, 0) is 10.0 Å². The minimum absolute atomic E-state index is 0.165. The molecule has 0 aliphatic rings. The Bertz CT molecular complexity index is 926. The van der Waals surface area contributed by atoms with Gasteiger partial charge in [0.2, 0.25) is 0 Å². The summed E-state index contributed by atoms with van der Waals surface area (Å²) in [5.74, 6) is 1.26. The molecule has 0 fully saturated rings. The van der Waals surface area contributed by atoms with Gasteiger partial charge in [-0.2, -0.15) is 0 Å². The van der Waals surface area contributed by atoms with Crippen molar-refractivity contribution in [3.63, 3.8) is 0 Å². The molecule has 3 aromatic carbocycles. The third-order valence-corrected chi connectivity index (χ3v) is 5.30. The zero-order valence-corrected chi connectivity index (χ0v) is 14.9. The van der Waals surface area contributed by atoms with Crippen LogP contribution in [0, 0.1) is 0 Å². The molecule has 0 amide bonds. The molecule has 0 bridgehead atoms. The molecule has 0 aliphatic carbocycles. The van der Waals surface area contributed by atoms with Crippen LogP contribution in [0.25, 0.3) is 0 Å². The third kappa shape index (κ3) is 3.96. The van der Waals surface area contributed by atoms with Crippen molar-refractivity contribution in [1.29, 1.82) is 0 Å². The minimum Gasteiger partial charge on any atom is -0.457 e. The van der Waals surface area contributed by atoms with Gasteiger partial charge in [-0.15, -0.1) is 0 Å². The fraction of sp³-hybridized carbons (Fsp3) is 0. The van der Waals surface area contributed by atoms with Crippen molar-refractivity contribution in [3.8, 4) is 11.5 Å². The van der Waals surface area contributed by atoms with Crippen molar-refractivity contribution in [2.24, 2.45) is 0 Å². The smallest absolute Gasteiger partial charge is 0.261 e. The van der Waals surface area contributed by atoms with E-state index in [1.165, 1.54) is 12.1 Å². The summed E-state index contributed by atoms with van der Waals surface area (Å²) < 4.78 is 33.8. The zero-order chi connectivity index (χ0) is 17.0. The van der Waals surface area contributed by atoms with E-state index in [-0.39, 0.29) is 4.90 Å². The van der Waals surface area contributed by atoms with Crippen molar-refractivity contribution in [1.82, 2.24) is 0 Å². The number of nitrogens with one attached hydrogen (secondary N) is 1. The predicted octanol–water partition coefficient (Wildman–Crippen LogP) is 5.04. The fourth-order valence-corrected chi connectivity index (χ4v) is 3.65. The summed E-state index contributed by atoms with van der Waals surface area (Å²) in [6.07, 6.45) is 0. The van der Waals surface area contributed by atoms with Crippen molar-refractivity contribution in [2.45, 2.75) is 4.90 Å². The Morgan fingerprint density at radius 3 is 2.00 bits per heavy atom. The summed E-state index contributed by atoms with van der Waals surface area (Å²) >= 11 is 3.32. The second kappa shape index (κ2) is 7.07. The van der Waals surface area contributed by atoms with Gasteiger partial charge in [0.05, 0.1) is 10.6 Å². The quantitative estimate of drug-likeness (QED) is 0.648. The Hall–Kier alpha value is -2.31. The molecule has 0 spiro atoms. The Morgan fingerprint density at radius 1 is 0.750 bits per heavy atom. The van der Waals surface area contributed by atoms with E-state index in [1.807, 2.05) is 36.4 Å². The lowest BCUT2D eigenvalue weighted by molar-refractivity contribution is 0.482. The highest BCUT2D eigenvalue weighted by atomic mass is 79.9. The van der Waals surface area contributed by atoms with Gasteiger partial charge in [0, 0.05) is 4.47 Å². The number of rotatable bonds is 5. The van der Waals surface area contributed by atoms with Crippen molar-refractivity contribution >= 4 is 31.6 Å². The van der Waals surface area contributed by atoms with Crippen LogP contribution < -0.4 is 9.46 Å². The van der Waals surface area contributed by atoms with Gasteiger partial charge in [-0.25, -0.2) is 8.42 Å². The van der Waals surface area contributed by atoms with Crippen molar-refractivity contribution in [2.75, 3.05) is 4.72 Å². The first-order chi connectivity index (χ1) is 11.5. The van der Waals surface area contributed by atoms with E-state index in [2.05, 4.69) is 20.7 Å². The highest BCUT2D eigenvalue weighted by Crippen LogP contribution is 2.26. The monoisotopic (exact) mass is 403 g/mol. The van der Waals surface area contributed by atoms with Gasteiger partial charge >= 0.3 is 0 Å². The highest BCUT2D eigenvalue weighted by Gasteiger charge is 2.15. The fourth-order valence-electron chi connectivity index (χ4n) is 2.06. The van der Waals surface area contributed by atoms with Gasteiger partial charge in [-0.3, -0.25) is 4.72 Å². The van der Waals surface area contributed by atoms with Gasteiger partial charge in [0.15, 0.2) is 0 Å². The molecule has 0 saturated heterocycles. The molecule has 122 valence electrons. The lowest BCUT2D eigenvalue weighted by atomic mass is 10.3. The number of hydrogen-bond donors (Lipinski definition) is 1. The second-order valence-electron chi connectivity index (χ2n) is 4.97. The molecule has 0 atom stereocenters. The molecular weight excluding hydrogens is 390 g/mol. The number of ether oxygens (including phenoxy) is 1. The molecule has 0 aliphatic heterocycles. The van der Waals surface area contributed by atoms with Crippen LogP contribution in [0.5, 0.6) is 11.5 Å². The Kier molecular flexibility index (Phi) is 4.87. The van der Waals surface area contributed by atoms with E-state index in [0.717, 1.165) is 0 Å². The van der Waals surface area contributed by atoms with Gasteiger partial charge in [-0.1, -0.05) is 30.3 Å². The molecule has 0 heterocycles. The summed E-state index contributed by atoms with van der Waals surface area (Å²) in [6.45, 7) is 0. The van der Waals surface area contributed by atoms with Crippen LogP contribution in [0.3, 0.4) is 0 Å². The molecule has 1 N–H and O–H groups in total. The summed E-state index contributed by atoms with van der Waals surface area (Å²) in [5, 5.41) is 0. The largest absolute Gasteiger partial charge is 0.457 e. The van der Waals surface area contributed by atoms with E-state index < -0.39 is 10.0 Å². The standard InChI is InChI=1S/C18H14BrNO3S/c19-17-8-4-5-9-18(17)20-24(21,22)16-12-10-15(11-13-16)23-14-6-2-1-3-7-14/h1-13,20H. The molecule has 4 nitrogen and oxygen atoms in total. The number of para-hydroxylation sites is 2. The summed E-state index contributed by atoms with van der Waals surface area (Å²) in [4.78, 5) is 0.165. The highest BCUT2D eigenvalue weighted by molar-refractivity contribution is 9.10. The molecule has 6 heteroatoms. The topological polar surface area (TPSA) is 55.4 Å². The maximum Gasteiger partial charge on any atom is 0.261 e. The number of sulfonamides is 1. The van der Waals surface area contributed by atoms with Gasteiger partial charge in [-0.05, 0) is 64.5 Å². The van der Waals surface area contributed by atoms with Crippen LogP contribution in [0.4, 0.5) is 5.69 Å². The molecule has 0 radical (unpaired) electrons. The molecule has 0 aromatic heterocycles. The third-order valence-electron chi connectivity index (χ3n) is 3.23. The maximum atomic E-state index is 12.5. The molecule has 0 unspecified atom stereocenters. The predicted molar refractivity (Wildman–Crippen MR) is 97.9 cm³/mol. The summed E-state index contributed by atoms with van der Waals surface area (Å²) in [7, 11) is -3.66. The first-order valence-corrected chi connectivity index (χ1v) is 9.42. The Labute approximate surface area is 149 Å². The number of benzene rings is 3. The van der Waals surface area contributed by atoms with Crippen LogP contribution in [0.15, 0.2) is 88.2 Å². The first kappa shape index (κ1) is 16.5. The van der Waals surface area contributed by atoms with Crippen molar-refractivity contribution < 1.29 is 13.2 Å². The molecule has 24 heavy (non-hydrogen) atoms. The molecular formula is C18H14BrNO3S. The average molecular weight is 404 g/mol. The molecule has 3 aromatic rings. The van der Waals surface area contributed by atoms with Gasteiger partial charge in [0.1, 0.15) is 11.5 Å². The number of halogens is 1. The molecule has 3 rings (SSSR count). The summed E-state index contributed by atoms with van der Waals surface area (Å²) in [6, 6.07) is 22.6. The van der Waals surface area contributed by atoms with E-state index in [4.69, 9.17) is 4.74 Å². The maximum absolute atomic E-state index is 12.5. The first-order valence-electron chi connectivity index (χ1n) is 7.15. The lowest BCUT2D eigenvalue weighted by Gasteiger charge is -2.10. The van der Waals surface area contributed by atoms with Crippen molar-refractivity contribution in [3.05, 3.63) is 83.3 Å². The number of hydrogen-bond acceptors (Lipinski definition) is 3. The van der Waals surface area contributed by atoms with Crippen LogP contribution in [0.1, 0.15) is 0 Å². The second-order valence-corrected chi connectivity index (χ2v) is 7.51.